The Kier molecular flexibility index (Phi) is 6.18. The molecule has 2 aromatic heterocycles. The molecule has 0 aliphatic carbocycles. The van der Waals surface area contributed by atoms with Crippen molar-refractivity contribution in [3.05, 3.63) is 59.4 Å². The number of nitrogens with zero attached hydrogens (tertiary/aromatic N) is 4. The Morgan fingerprint density at radius 3 is 2.66 bits per heavy atom. The largest absolute Gasteiger partial charge is 0.480 e. The van der Waals surface area contributed by atoms with Crippen molar-refractivity contribution in [2.45, 2.75) is 20.3 Å². The van der Waals surface area contributed by atoms with E-state index in [0.717, 1.165) is 5.56 Å². The van der Waals surface area contributed by atoms with Gasteiger partial charge in [0.1, 0.15) is 5.56 Å². The zero-order valence-corrected chi connectivity index (χ0v) is 16.4. The van der Waals surface area contributed by atoms with E-state index in [-0.39, 0.29) is 5.56 Å². The fourth-order valence-corrected chi connectivity index (χ4v) is 2.75. The second-order valence-corrected chi connectivity index (χ2v) is 6.20. The number of benzene rings is 1. The topological polar surface area (TPSA) is 108 Å². The number of amides is 1. The minimum absolute atomic E-state index is 0.272. The van der Waals surface area contributed by atoms with Crippen LogP contribution in [0.1, 0.15) is 28.5 Å². The van der Waals surface area contributed by atoms with Crippen molar-refractivity contribution >= 4 is 17.6 Å². The predicted octanol–water partition coefficient (Wildman–Crippen LogP) is 2.34. The van der Waals surface area contributed by atoms with E-state index in [1.54, 1.807) is 18.2 Å². The van der Waals surface area contributed by atoms with Crippen LogP contribution in [-0.2, 0) is 16.0 Å². The van der Waals surface area contributed by atoms with Crippen LogP contribution in [0.5, 0.6) is 5.88 Å². The number of aryl methyl sites for hydroxylation is 1. The molecule has 0 bridgehead atoms. The van der Waals surface area contributed by atoms with Gasteiger partial charge in [0.25, 0.3) is 5.91 Å². The standard InChI is InChI=1S/C20H21N5O4/c1-4-16-15(11-21-25(16)17-8-9-19(28-3)24-23-17)20(27)29-12-18(26)22-14-7-5-6-13(2)10-14/h5-11H,4,12H2,1-3H3,(H,22,26). The number of carbonyl (C=O) groups is 2. The van der Waals surface area contributed by atoms with E-state index in [1.807, 2.05) is 32.0 Å². The van der Waals surface area contributed by atoms with Gasteiger partial charge in [-0.25, -0.2) is 9.48 Å². The third-order valence-corrected chi connectivity index (χ3v) is 4.11. The molecule has 0 aliphatic rings. The Morgan fingerprint density at radius 2 is 2.00 bits per heavy atom. The summed E-state index contributed by atoms with van der Waals surface area (Å²) in [7, 11) is 1.50. The number of nitrogens with one attached hydrogen (secondary N) is 1. The van der Waals surface area contributed by atoms with Crippen molar-refractivity contribution in [3.8, 4) is 11.7 Å². The SMILES string of the molecule is CCc1c(C(=O)OCC(=O)Nc2cccc(C)c2)cnn1-c1ccc(OC)nn1. The third kappa shape index (κ3) is 4.75. The lowest BCUT2D eigenvalue weighted by Gasteiger charge is -2.08. The van der Waals surface area contributed by atoms with Gasteiger partial charge in [0.05, 0.1) is 19.0 Å². The summed E-state index contributed by atoms with van der Waals surface area (Å²) in [6.45, 7) is 3.40. The molecule has 3 rings (SSSR count). The average molecular weight is 395 g/mol. The highest BCUT2D eigenvalue weighted by Gasteiger charge is 2.20. The summed E-state index contributed by atoms with van der Waals surface area (Å²) in [4.78, 5) is 24.5. The Labute approximate surface area is 167 Å². The van der Waals surface area contributed by atoms with Crippen LogP contribution in [0.15, 0.2) is 42.6 Å². The van der Waals surface area contributed by atoms with Crippen LogP contribution in [0.4, 0.5) is 5.69 Å². The first-order chi connectivity index (χ1) is 14.0. The Bertz CT molecular complexity index is 1010. The molecule has 1 N–H and O–H groups in total. The molecular formula is C20H21N5O4. The molecule has 29 heavy (non-hydrogen) atoms. The number of hydrogen-bond acceptors (Lipinski definition) is 7. The summed E-state index contributed by atoms with van der Waals surface area (Å²) in [6, 6.07) is 10.7. The van der Waals surface area contributed by atoms with E-state index >= 15 is 0 Å². The highest BCUT2D eigenvalue weighted by atomic mass is 16.5. The third-order valence-electron chi connectivity index (χ3n) is 4.11. The predicted molar refractivity (Wildman–Crippen MR) is 105 cm³/mol. The number of hydrogen-bond donors (Lipinski definition) is 1. The molecule has 0 atom stereocenters. The number of rotatable bonds is 7. The van der Waals surface area contributed by atoms with Crippen LogP contribution in [0, 0.1) is 6.92 Å². The normalized spacial score (nSPS) is 10.4. The first-order valence-corrected chi connectivity index (χ1v) is 9.00. The molecule has 0 saturated heterocycles. The molecular weight excluding hydrogens is 374 g/mol. The second kappa shape index (κ2) is 8.96. The van der Waals surface area contributed by atoms with Crippen molar-refractivity contribution < 1.29 is 19.1 Å². The summed E-state index contributed by atoms with van der Waals surface area (Å²) in [5, 5.41) is 14.8. The summed E-state index contributed by atoms with van der Waals surface area (Å²) in [6.07, 6.45) is 1.90. The van der Waals surface area contributed by atoms with Gasteiger partial charge >= 0.3 is 5.97 Å². The first-order valence-electron chi connectivity index (χ1n) is 9.00. The van der Waals surface area contributed by atoms with Gasteiger partial charge in [-0.15, -0.1) is 10.2 Å². The number of methoxy groups -OCH3 is 1. The molecule has 0 spiro atoms. The summed E-state index contributed by atoms with van der Waals surface area (Å²) in [5.41, 5.74) is 2.54. The van der Waals surface area contributed by atoms with Gasteiger partial charge in [-0.05, 0) is 37.1 Å². The maximum atomic E-state index is 12.5. The van der Waals surface area contributed by atoms with E-state index in [0.29, 0.717) is 29.5 Å². The monoisotopic (exact) mass is 395 g/mol. The molecule has 9 nitrogen and oxygen atoms in total. The molecule has 0 radical (unpaired) electrons. The van der Waals surface area contributed by atoms with Crippen LogP contribution in [0.3, 0.4) is 0 Å². The molecule has 3 aromatic rings. The highest BCUT2D eigenvalue weighted by Crippen LogP contribution is 2.16. The minimum atomic E-state index is -0.631. The Hall–Kier alpha value is -3.75. The van der Waals surface area contributed by atoms with Gasteiger partial charge in [-0.2, -0.15) is 5.10 Å². The average Bonchev–Trinajstić information content (AvgIpc) is 3.16. The van der Waals surface area contributed by atoms with Gasteiger partial charge < -0.3 is 14.8 Å². The molecule has 0 fully saturated rings. The molecule has 9 heteroatoms. The number of esters is 1. The molecule has 1 amide bonds. The molecule has 0 saturated carbocycles. The smallest absolute Gasteiger partial charge is 0.342 e. The second-order valence-electron chi connectivity index (χ2n) is 6.20. The zero-order valence-electron chi connectivity index (χ0n) is 16.4. The summed E-state index contributed by atoms with van der Waals surface area (Å²) >= 11 is 0. The van der Waals surface area contributed by atoms with Crippen LogP contribution < -0.4 is 10.1 Å². The van der Waals surface area contributed by atoms with E-state index in [2.05, 4.69) is 20.6 Å². The van der Waals surface area contributed by atoms with Crippen molar-refractivity contribution in [3.63, 3.8) is 0 Å². The number of aromatic nitrogens is 4. The van der Waals surface area contributed by atoms with Crippen molar-refractivity contribution in [2.75, 3.05) is 19.0 Å². The maximum absolute atomic E-state index is 12.5. The van der Waals surface area contributed by atoms with Gasteiger partial charge in [-0.3, -0.25) is 4.79 Å². The Balaban J connectivity index is 1.67. The molecule has 2 heterocycles. The van der Waals surface area contributed by atoms with E-state index < -0.39 is 18.5 Å². The number of anilines is 1. The van der Waals surface area contributed by atoms with Crippen molar-refractivity contribution in [1.29, 1.82) is 0 Å². The molecule has 1 aromatic carbocycles. The Morgan fingerprint density at radius 1 is 1.17 bits per heavy atom. The van der Waals surface area contributed by atoms with E-state index in [9.17, 15) is 9.59 Å². The van der Waals surface area contributed by atoms with Crippen molar-refractivity contribution in [2.24, 2.45) is 0 Å². The van der Waals surface area contributed by atoms with Crippen LogP contribution in [0.2, 0.25) is 0 Å². The quantitative estimate of drug-likeness (QED) is 0.612. The zero-order chi connectivity index (χ0) is 20.8. The highest BCUT2D eigenvalue weighted by molar-refractivity contribution is 5.96. The fraction of sp³-hybridized carbons (Fsp3) is 0.250. The van der Waals surface area contributed by atoms with Crippen molar-refractivity contribution in [1.82, 2.24) is 20.0 Å². The van der Waals surface area contributed by atoms with E-state index in [1.165, 1.54) is 18.0 Å². The molecule has 150 valence electrons. The summed E-state index contributed by atoms with van der Waals surface area (Å²) < 4.78 is 11.7. The van der Waals surface area contributed by atoms with Crippen LogP contribution in [0.25, 0.3) is 5.82 Å². The van der Waals surface area contributed by atoms with Gasteiger partial charge in [0.2, 0.25) is 5.88 Å². The summed E-state index contributed by atoms with van der Waals surface area (Å²) in [5.74, 6) is -0.235. The lowest BCUT2D eigenvalue weighted by molar-refractivity contribution is -0.119. The lowest BCUT2D eigenvalue weighted by Crippen LogP contribution is -2.21. The number of ether oxygens (including phenoxy) is 2. The first kappa shape index (κ1) is 20.0. The van der Waals surface area contributed by atoms with Gasteiger partial charge in [0.15, 0.2) is 12.4 Å². The van der Waals surface area contributed by atoms with Gasteiger partial charge in [0, 0.05) is 11.8 Å². The van der Waals surface area contributed by atoms with Crippen LogP contribution in [-0.4, -0.2) is 45.6 Å². The maximum Gasteiger partial charge on any atom is 0.342 e. The molecule has 0 aliphatic heterocycles. The molecule has 0 unspecified atom stereocenters. The van der Waals surface area contributed by atoms with Crippen LogP contribution >= 0.6 is 0 Å². The number of carbonyl (C=O) groups excluding carboxylic acids is 2. The minimum Gasteiger partial charge on any atom is -0.480 e. The fourth-order valence-electron chi connectivity index (χ4n) is 2.75. The van der Waals surface area contributed by atoms with Gasteiger partial charge in [-0.1, -0.05) is 19.1 Å². The van der Waals surface area contributed by atoms with E-state index in [4.69, 9.17) is 9.47 Å². The lowest BCUT2D eigenvalue weighted by atomic mass is 10.2.